The Morgan fingerprint density at radius 2 is 1.83 bits per heavy atom. The molecule has 0 radical (unpaired) electrons. The third kappa shape index (κ3) is 3.70. The number of hydrogen-bond donors (Lipinski definition) is 4. The van der Waals surface area contributed by atoms with E-state index in [4.69, 9.17) is 5.73 Å². The lowest BCUT2D eigenvalue weighted by Gasteiger charge is -2.59. The zero-order chi connectivity index (χ0) is 24.7. The molecule has 2 saturated heterocycles. The fourth-order valence-corrected chi connectivity index (χ4v) is 10.6. The molecule has 0 aromatic heterocycles. The van der Waals surface area contributed by atoms with E-state index in [9.17, 15) is 15.0 Å². The van der Waals surface area contributed by atoms with E-state index in [1.54, 1.807) is 0 Å². The Labute approximate surface area is 210 Å². The molecule has 2 heterocycles. The Hall–Kier alpha value is -1.18. The molecule has 0 bridgehead atoms. The largest absolute Gasteiger partial charge is 0.393 e. The Morgan fingerprint density at radius 1 is 1.03 bits per heavy atom. The van der Waals surface area contributed by atoms with Crippen molar-refractivity contribution in [2.45, 2.75) is 96.3 Å². The van der Waals surface area contributed by atoms with E-state index in [1.165, 1.54) is 19.3 Å². The lowest BCUT2D eigenvalue weighted by Crippen LogP contribution is -2.67. The highest BCUT2D eigenvalue weighted by Crippen LogP contribution is 2.66. The summed E-state index contributed by atoms with van der Waals surface area (Å²) < 4.78 is 0. The normalized spacial score (nSPS) is 54.7. The van der Waals surface area contributed by atoms with Crippen LogP contribution in [0.5, 0.6) is 0 Å². The van der Waals surface area contributed by atoms with Crippen molar-refractivity contribution in [1.82, 2.24) is 10.3 Å². The Kier molecular flexibility index (Phi) is 5.82. The first kappa shape index (κ1) is 24.2. The number of carbonyl (C=O) groups is 1. The molecule has 6 fully saturated rings. The number of nitrogens with one attached hydrogen (secondary N) is 1. The zero-order valence-corrected chi connectivity index (χ0v) is 21.8. The van der Waals surface area contributed by atoms with E-state index in [0.717, 1.165) is 57.3 Å². The number of aliphatic hydroxyl groups is 2. The van der Waals surface area contributed by atoms with E-state index < -0.39 is 11.6 Å². The molecule has 4 saturated carbocycles. The molecule has 7 nitrogen and oxygen atoms in total. The molecule has 6 aliphatic rings. The molecule has 0 aromatic carbocycles. The van der Waals surface area contributed by atoms with Crippen molar-refractivity contribution in [3.05, 3.63) is 0 Å². The van der Waals surface area contributed by atoms with E-state index in [1.807, 2.05) is 0 Å². The maximum atomic E-state index is 11.9. The first-order chi connectivity index (χ1) is 16.6. The zero-order valence-electron chi connectivity index (χ0n) is 21.8. The first-order valence-electron chi connectivity index (χ1n) is 14.4. The number of amides is 2. The van der Waals surface area contributed by atoms with Gasteiger partial charge in [-0.1, -0.05) is 13.8 Å². The van der Waals surface area contributed by atoms with Crippen LogP contribution in [0.4, 0.5) is 4.79 Å². The molecule has 6 rings (SSSR count). The highest BCUT2D eigenvalue weighted by Gasteiger charge is 2.64. The van der Waals surface area contributed by atoms with Gasteiger partial charge in [0.25, 0.3) is 0 Å². The number of carbonyl (C=O) groups excluding carboxylic acids is 1. The molecule has 196 valence electrons. The third-order valence-corrected chi connectivity index (χ3v) is 12.1. The smallest absolute Gasteiger partial charge is 0.332 e. The summed E-state index contributed by atoms with van der Waals surface area (Å²) in [5.74, 6) is 4.42. The second-order valence-corrected chi connectivity index (χ2v) is 13.8. The van der Waals surface area contributed by atoms with Crippen LogP contribution in [-0.4, -0.2) is 57.7 Å². The number of nitrogens with zero attached hydrogens (tertiary/aromatic N) is 2. The second kappa shape index (κ2) is 8.42. The molecule has 4 aliphatic carbocycles. The van der Waals surface area contributed by atoms with Crippen LogP contribution in [0.25, 0.3) is 0 Å². The molecule has 5 N–H and O–H groups in total. The van der Waals surface area contributed by atoms with Crippen molar-refractivity contribution in [3.8, 4) is 0 Å². The standard InChI is InChI=1S/C28H46N4O3/c1-15-4-7-25-28(3,35)21-6-5-17-18(20(21)14-32(25)13-15)11-22-19(17)12-24(30-31-26(29)34)23-10-16(33)8-9-27(22,23)2/h15-23,25,33,35H,4-14H2,1-3H3,(H3,29,31,34)/b30-24-/t15-,16+,17-,18-,19+,20+,21+,22+,23-,25+,27-,28+/m1/s1. The van der Waals surface area contributed by atoms with Crippen molar-refractivity contribution < 1.29 is 15.0 Å². The minimum Gasteiger partial charge on any atom is -0.393 e. The number of urea groups is 1. The minimum atomic E-state index is -0.614. The molecular weight excluding hydrogens is 440 g/mol. The lowest BCUT2D eigenvalue weighted by atomic mass is 9.51. The molecular formula is C28H46N4O3. The SMILES string of the molecule is C[C@@H]1CC[C@@H]2N(C1)C[C@H]1[C@@H]3C[C@H]4[C@@H](C/C(=N/NC(N)=O)[C@H]5C[C@@H](O)CC[C@@]54C)[C@@H]3CC[C@@H]1[C@]2(C)O. The van der Waals surface area contributed by atoms with Gasteiger partial charge in [0.1, 0.15) is 0 Å². The van der Waals surface area contributed by atoms with Crippen molar-refractivity contribution >= 4 is 11.7 Å². The highest BCUT2D eigenvalue weighted by atomic mass is 16.3. The lowest BCUT2D eigenvalue weighted by molar-refractivity contribution is -0.175. The van der Waals surface area contributed by atoms with E-state index >= 15 is 0 Å². The van der Waals surface area contributed by atoms with E-state index in [2.05, 4.69) is 36.2 Å². The molecule has 0 spiro atoms. The van der Waals surface area contributed by atoms with Gasteiger partial charge in [-0.15, -0.1) is 0 Å². The summed E-state index contributed by atoms with van der Waals surface area (Å²) in [6.07, 6.45) is 9.19. The third-order valence-electron chi connectivity index (χ3n) is 12.1. The van der Waals surface area contributed by atoms with Gasteiger partial charge in [-0.05, 0) is 112 Å². The van der Waals surface area contributed by atoms with Gasteiger partial charge in [0, 0.05) is 30.8 Å². The first-order valence-corrected chi connectivity index (χ1v) is 14.4. The van der Waals surface area contributed by atoms with Gasteiger partial charge in [-0.25, -0.2) is 10.2 Å². The highest BCUT2D eigenvalue weighted by molar-refractivity contribution is 5.90. The summed E-state index contributed by atoms with van der Waals surface area (Å²) >= 11 is 0. The number of nitrogens with two attached hydrogens (primary N) is 1. The van der Waals surface area contributed by atoms with E-state index in [-0.39, 0.29) is 17.4 Å². The van der Waals surface area contributed by atoms with Crippen LogP contribution < -0.4 is 11.2 Å². The molecule has 35 heavy (non-hydrogen) atoms. The second-order valence-electron chi connectivity index (χ2n) is 13.8. The van der Waals surface area contributed by atoms with Gasteiger partial charge in [-0.3, -0.25) is 4.90 Å². The summed E-state index contributed by atoms with van der Waals surface area (Å²) in [6, 6.07) is -0.294. The number of hydrazone groups is 1. The maximum Gasteiger partial charge on any atom is 0.332 e. The van der Waals surface area contributed by atoms with Crippen LogP contribution in [0, 0.1) is 52.8 Å². The van der Waals surface area contributed by atoms with Gasteiger partial charge in [0.05, 0.1) is 11.7 Å². The number of hydrogen-bond acceptors (Lipinski definition) is 5. The van der Waals surface area contributed by atoms with Crippen LogP contribution >= 0.6 is 0 Å². The summed E-state index contributed by atoms with van der Waals surface area (Å²) in [6.45, 7) is 9.24. The summed E-state index contributed by atoms with van der Waals surface area (Å²) in [7, 11) is 0. The van der Waals surface area contributed by atoms with Gasteiger partial charge in [-0.2, -0.15) is 5.10 Å². The van der Waals surface area contributed by atoms with Crippen molar-refractivity contribution in [3.63, 3.8) is 0 Å². The number of piperidine rings is 2. The monoisotopic (exact) mass is 486 g/mol. The van der Waals surface area contributed by atoms with Crippen molar-refractivity contribution in [2.75, 3.05) is 13.1 Å². The Morgan fingerprint density at radius 3 is 2.60 bits per heavy atom. The van der Waals surface area contributed by atoms with Crippen LogP contribution in [0.1, 0.15) is 78.6 Å². The van der Waals surface area contributed by atoms with Crippen molar-refractivity contribution in [1.29, 1.82) is 0 Å². The van der Waals surface area contributed by atoms with Crippen LogP contribution in [0.3, 0.4) is 0 Å². The molecule has 2 aliphatic heterocycles. The van der Waals surface area contributed by atoms with Gasteiger partial charge < -0.3 is 15.9 Å². The summed E-state index contributed by atoms with van der Waals surface area (Å²) in [5, 5.41) is 27.0. The number of aliphatic hydroxyl groups excluding tert-OH is 1. The predicted octanol–water partition coefficient (Wildman–Crippen LogP) is 3.34. The van der Waals surface area contributed by atoms with Gasteiger partial charge in [0.15, 0.2) is 0 Å². The van der Waals surface area contributed by atoms with Crippen molar-refractivity contribution in [2.24, 2.45) is 63.6 Å². The Bertz CT molecular complexity index is 891. The maximum absolute atomic E-state index is 11.9. The number of rotatable bonds is 1. The fourth-order valence-electron chi connectivity index (χ4n) is 10.6. The van der Waals surface area contributed by atoms with Gasteiger partial charge in [0.2, 0.25) is 0 Å². The van der Waals surface area contributed by atoms with Crippen LogP contribution in [-0.2, 0) is 0 Å². The molecule has 12 atom stereocenters. The minimum absolute atomic E-state index is 0.104. The summed E-state index contributed by atoms with van der Waals surface area (Å²) in [4.78, 5) is 14.1. The molecule has 0 aromatic rings. The number of primary amides is 1. The molecule has 7 heteroatoms. The van der Waals surface area contributed by atoms with Crippen LogP contribution in [0.15, 0.2) is 5.10 Å². The molecule has 0 unspecified atom stereocenters. The number of fused-ring (bicyclic) bond motifs is 8. The van der Waals surface area contributed by atoms with Gasteiger partial charge >= 0.3 is 6.03 Å². The molecule has 2 amide bonds. The summed E-state index contributed by atoms with van der Waals surface area (Å²) in [5.41, 5.74) is 8.47. The predicted molar refractivity (Wildman–Crippen MR) is 135 cm³/mol. The van der Waals surface area contributed by atoms with E-state index in [0.29, 0.717) is 47.5 Å². The quantitative estimate of drug-likeness (QED) is 0.426. The average molecular weight is 487 g/mol. The average Bonchev–Trinajstić information content (AvgIpc) is 3.18. The Balaban J connectivity index is 1.32. The van der Waals surface area contributed by atoms with Crippen LogP contribution in [0.2, 0.25) is 0 Å². The topological polar surface area (TPSA) is 111 Å². The fraction of sp³-hybridized carbons (Fsp3) is 0.929.